The number of imidazole rings is 1. The lowest BCUT2D eigenvalue weighted by molar-refractivity contribution is 0.721. The van der Waals surface area contributed by atoms with Gasteiger partial charge in [-0.3, -0.25) is 0 Å². The summed E-state index contributed by atoms with van der Waals surface area (Å²) in [6.45, 7) is 8.66. The SMILES string of the molecule is C=C(CCc1nc2ccccc2n1C)CCN(CCC)c1ccccc1. The zero-order chi connectivity index (χ0) is 18.4. The van der Waals surface area contributed by atoms with Gasteiger partial charge in [-0.25, -0.2) is 4.98 Å². The molecule has 0 spiro atoms. The van der Waals surface area contributed by atoms with E-state index in [4.69, 9.17) is 4.98 Å². The van der Waals surface area contributed by atoms with Gasteiger partial charge in [-0.2, -0.15) is 0 Å². The summed E-state index contributed by atoms with van der Waals surface area (Å²) in [5, 5.41) is 0. The highest BCUT2D eigenvalue weighted by Crippen LogP contribution is 2.19. The molecular weight excluding hydrogens is 318 g/mol. The van der Waals surface area contributed by atoms with Crippen molar-refractivity contribution in [3.63, 3.8) is 0 Å². The molecule has 1 aromatic heterocycles. The van der Waals surface area contributed by atoms with Gasteiger partial charge in [0.05, 0.1) is 11.0 Å². The monoisotopic (exact) mass is 347 g/mol. The number of benzene rings is 2. The Labute approximate surface area is 157 Å². The van der Waals surface area contributed by atoms with Crippen molar-refractivity contribution in [2.45, 2.75) is 32.6 Å². The Kier molecular flexibility index (Phi) is 6.11. The Morgan fingerprint density at radius 1 is 1.00 bits per heavy atom. The van der Waals surface area contributed by atoms with Crippen LogP contribution in [0.1, 0.15) is 32.0 Å². The van der Waals surface area contributed by atoms with E-state index in [1.54, 1.807) is 0 Å². The van der Waals surface area contributed by atoms with Gasteiger partial charge in [0, 0.05) is 32.2 Å². The second kappa shape index (κ2) is 8.70. The highest BCUT2D eigenvalue weighted by molar-refractivity contribution is 5.75. The number of hydrogen-bond donors (Lipinski definition) is 0. The van der Waals surface area contributed by atoms with E-state index >= 15 is 0 Å². The third-order valence-electron chi connectivity index (χ3n) is 4.93. The largest absolute Gasteiger partial charge is 0.371 e. The van der Waals surface area contributed by atoms with Crippen molar-refractivity contribution in [2.24, 2.45) is 7.05 Å². The first-order valence-corrected chi connectivity index (χ1v) is 9.56. The van der Waals surface area contributed by atoms with Gasteiger partial charge in [-0.05, 0) is 43.5 Å². The molecule has 0 radical (unpaired) electrons. The predicted molar refractivity (Wildman–Crippen MR) is 112 cm³/mol. The average molecular weight is 348 g/mol. The highest BCUT2D eigenvalue weighted by atomic mass is 15.1. The molecule has 3 rings (SSSR count). The molecule has 3 nitrogen and oxygen atoms in total. The number of anilines is 1. The van der Waals surface area contributed by atoms with Crippen LogP contribution >= 0.6 is 0 Å². The molecule has 2 aromatic carbocycles. The van der Waals surface area contributed by atoms with E-state index in [2.05, 4.69) is 78.5 Å². The number of para-hydroxylation sites is 3. The van der Waals surface area contributed by atoms with E-state index in [0.717, 1.165) is 50.1 Å². The summed E-state index contributed by atoms with van der Waals surface area (Å²) in [7, 11) is 2.10. The van der Waals surface area contributed by atoms with Gasteiger partial charge in [-0.15, -0.1) is 0 Å². The Balaban J connectivity index is 1.55. The van der Waals surface area contributed by atoms with E-state index < -0.39 is 0 Å². The van der Waals surface area contributed by atoms with Crippen molar-refractivity contribution in [3.8, 4) is 0 Å². The molecule has 0 saturated carbocycles. The number of hydrogen-bond acceptors (Lipinski definition) is 2. The molecule has 0 amide bonds. The van der Waals surface area contributed by atoms with Gasteiger partial charge in [-0.1, -0.05) is 49.4 Å². The first-order valence-electron chi connectivity index (χ1n) is 9.56. The van der Waals surface area contributed by atoms with Crippen molar-refractivity contribution in [1.29, 1.82) is 0 Å². The molecule has 0 aliphatic heterocycles. The molecule has 0 aliphatic rings. The van der Waals surface area contributed by atoms with Crippen LogP contribution in [0.4, 0.5) is 5.69 Å². The second-order valence-electron chi connectivity index (χ2n) is 6.90. The van der Waals surface area contributed by atoms with Crippen LogP contribution in [0.3, 0.4) is 0 Å². The number of nitrogens with zero attached hydrogens (tertiary/aromatic N) is 3. The smallest absolute Gasteiger partial charge is 0.109 e. The fourth-order valence-corrected chi connectivity index (χ4v) is 3.40. The average Bonchev–Trinajstić information content (AvgIpc) is 3.00. The van der Waals surface area contributed by atoms with Gasteiger partial charge < -0.3 is 9.47 Å². The fraction of sp³-hybridized carbons (Fsp3) is 0.348. The van der Waals surface area contributed by atoms with Crippen LogP contribution in [0.5, 0.6) is 0 Å². The minimum Gasteiger partial charge on any atom is -0.371 e. The minimum atomic E-state index is 0.948. The number of fused-ring (bicyclic) bond motifs is 1. The molecule has 0 fully saturated rings. The maximum atomic E-state index is 4.77. The Hall–Kier alpha value is -2.55. The molecule has 0 saturated heterocycles. The summed E-state index contributed by atoms with van der Waals surface area (Å²) in [4.78, 5) is 7.23. The van der Waals surface area contributed by atoms with Gasteiger partial charge in [0.25, 0.3) is 0 Å². The normalized spacial score (nSPS) is 11.0. The lowest BCUT2D eigenvalue weighted by Crippen LogP contribution is -2.25. The number of rotatable bonds is 9. The number of aromatic nitrogens is 2. The van der Waals surface area contributed by atoms with E-state index in [9.17, 15) is 0 Å². The van der Waals surface area contributed by atoms with E-state index in [1.165, 1.54) is 16.8 Å². The molecule has 0 atom stereocenters. The summed E-state index contributed by atoms with van der Waals surface area (Å²) in [6.07, 6.45) is 4.12. The van der Waals surface area contributed by atoms with Crippen LogP contribution in [0, 0.1) is 0 Å². The van der Waals surface area contributed by atoms with Crippen molar-refractivity contribution in [1.82, 2.24) is 9.55 Å². The molecule has 0 aliphatic carbocycles. The standard InChI is InChI=1S/C23H29N3/c1-4-17-26(20-10-6-5-7-11-20)18-16-19(2)14-15-23-24-21-12-8-9-13-22(21)25(23)3/h5-13H,2,4,14-18H2,1,3H3. The molecule has 0 N–H and O–H groups in total. The van der Waals surface area contributed by atoms with Crippen LogP contribution in [-0.4, -0.2) is 22.6 Å². The molecule has 136 valence electrons. The minimum absolute atomic E-state index is 0.948. The van der Waals surface area contributed by atoms with Crippen molar-refractivity contribution in [2.75, 3.05) is 18.0 Å². The summed E-state index contributed by atoms with van der Waals surface area (Å²) in [5.41, 5.74) is 4.88. The fourth-order valence-electron chi connectivity index (χ4n) is 3.40. The Bertz CT molecular complexity index is 848. The second-order valence-corrected chi connectivity index (χ2v) is 6.90. The molecule has 26 heavy (non-hydrogen) atoms. The maximum Gasteiger partial charge on any atom is 0.109 e. The van der Waals surface area contributed by atoms with Gasteiger partial charge in [0.1, 0.15) is 5.82 Å². The molecule has 3 heteroatoms. The predicted octanol–water partition coefficient (Wildman–Crippen LogP) is 5.37. The summed E-state index contributed by atoms with van der Waals surface area (Å²) < 4.78 is 2.20. The summed E-state index contributed by atoms with van der Waals surface area (Å²) in [6, 6.07) is 19.0. The van der Waals surface area contributed by atoms with Crippen LogP contribution in [0.15, 0.2) is 66.7 Å². The molecule has 3 aromatic rings. The van der Waals surface area contributed by atoms with Gasteiger partial charge in [0.2, 0.25) is 0 Å². The van der Waals surface area contributed by atoms with Crippen LogP contribution in [0.2, 0.25) is 0 Å². The third-order valence-corrected chi connectivity index (χ3v) is 4.93. The van der Waals surface area contributed by atoms with Crippen molar-refractivity contribution < 1.29 is 0 Å². The van der Waals surface area contributed by atoms with E-state index in [-0.39, 0.29) is 0 Å². The van der Waals surface area contributed by atoms with Gasteiger partial charge in [0.15, 0.2) is 0 Å². The lowest BCUT2D eigenvalue weighted by Gasteiger charge is -2.24. The topological polar surface area (TPSA) is 21.1 Å². The summed E-state index contributed by atoms with van der Waals surface area (Å²) >= 11 is 0. The van der Waals surface area contributed by atoms with Gasteiger partial charge >= 0.3 is 0 Å². The maximum absolute atomic E-state index is 4.77. The first-order chi connectivity index (χ1) is 12.7. The Morgan fingerprint density at radius 3 is 2.46 bits per heavy atom. The van der Waals surface area contributed by atoms with Crippen molar-refractivity contribution in [3.05, 3.63) is 72.6 Å². The Morgan fingerprint density at radius 2 is 1.73 bits per heavy atom. The van der Waals surface area contributed by atoms with Crippen molar-refractivity contribution >= 4 is 16.7 Å². The van der Waals surface area contributed by atoms with E-state index in [0.29, 0.717) is 0 Å². The number of aryl methyl sites for hydroxylation is 2. The zero-order valence-electron chi connectivity index (χ0n) is 16.0. The van der Waals surface area contributed by atoms with Crippen LogP contribution < -0.4 is 4.90 Å². The third kappa shape index (κ3) is 4.34. The highest BCUT2D eigenvalue weighted by Gasteiger charge is 2.09. The van der Waals surface area contributed by atoms with E-state index in [1.807, 2.05) is 6.07 Å². The molecule has 1 heterocycles. The molecule has 0 unspecified atom stereocenters. The first kappa shape index (κ1) is 18.2. The van der Waals surface area contributed by atoms with Crippen LogP contribution in [0.25, 0.3) is 11.0 Å². The summed E-state index contributed by atoms with van der Waals surface area (Å²) in [5.74, 6) is 1.14. The quantitative estimate of drug-likeness (QED) is 0.485. The molecular formula is C23H29N3. The zero-order valence-corrected chi connectivity index (χ0v) is 16.0. The lowest BCUT2D eigenvalue weighted by atomic mass is 10.1. The van der Waals surface area contributed by atoms with Crippen LogP contribution in [-0.2, 0) is 13.5 Å². The molecule has 0 bridgehead atoms.